The van der Waals surface area contributed by atoms with Crippen molar-refractivity contribution in [3.8, 4) is 5.75 Å². The lowest BCUT2D eigenvalue weighted by molar-refractivity contribution is 0.195. The van der Waals surface area contributed by atoms with E-state index >= 15 is 0 Å². The van der Waals surface area contributed by atoms with Gasteiger partial charge in [0.1, 0.15) is 5.75 Å². The highest BCUT2D eigenvalue weighted by Gasteiger charge is 2.22. The second-order valence-corrected chi connectivity index (χ2v) is 5.35. The van der Waals surface area contributed by atoms with Gasteiger partial charge in [-0.25, -0.2) is 4.79 Å². The minimum absolute atomic E-state index is 0.0109. The molecule has 5 nitrogen and oxygen atoms in total. The number of nitrogens with one attached hydrogen (secondary N) is 1. The Morgan fingerprint density at radius 1 is 1.35 bits per heavy atom. The number of aromatic amines is 1. The summed E-state index contributed by atoms with van der Waals surface area (Å²) in [6.45, 7) is 5.41. The molecule has 0 spiro atoms. The van der Waals surface area contributed by atoms with Gasteiger partial charge < -0.3 is 14.6 Å². The number of fused-ring (bicyclic) bond motifs is 1. The summed E-state index contributed by atoms with van der Waals surface area (Å²) in [5.74, 6) is 0.770. The third-order valence-corrected chi connectivity index (χ3v) is 4.29. The maximum atomic E-state index is 12.2. The standard InChI is InChI=1S/C15H21N3O2/c1-3-17-8-6-11(7-9-17)18-14-5-4-12(20-2)10-13(14)16-15(18)19/h4-5,10-11H,3,6-9H2,1-2H3,(H,16,19). The summed E-state index contributed by atoms with van der Waals surface area (Å²) < 4.78 is 7.13. The van der Waals surface area contributed by atoms with E-state index in [0.29, 0.717) is 6.04 Å². The molecular formula is C15H21N3O2. The maximum Gasteiger partial charge on any atom is 0.326 e. The molecular weight excluding hydrogens is 254 g/mol. The number of rotatable bonds is 3. The van der Waals surface area contributed by atoms with Crippen molar-refractivity contribution in [3.05, 3.63) is 28.7 Å². The Hall–Kier alpha value is -1.75. The Morgan fingerprint density at radius 2 is 2.10 bits per heavy atom. The summed E-state index contributed by atoms with van der Waals surface area (Å²) in [6.07, 6.45) is 2.07. The molecule has 0 aliphatic carbocycles. The molecule has 1 aliphatic rings. The number of benzene rings is 1. The van der Waals surface area contributed by atoms with E-state index in [4.69, 9.17) is 4.74 Å². The fraction of sp³-hybridized carbons (Fsp3) is 0.533. The fourth-order valence-electron chi connectivity index (χ4n) is 3.09. The predicted octanol–water partition coefficient (Wildman–Crippen LogP) is 1.99. The average Bonchev–Trinajstić information content (AvgIpc) is 2.82. The van der Waals surface area contributed by atoms with Crippen molar-refractivity contribution in [1.82, 2.24) is 14.5 Å². The van der Waals surface area contributed by atoms with Gasteiger partial charge in [-0.05, 0) is 31.5 Å². The van der Waals surface area contributed by atoms with Crippen LogP contribution >= 0.6 is 0 Å². The molecule has 1 saturated heterocycles. The minimum Gasteiger partial charge on any atom is -0.497 e. The largest absolute Gasteiger partial charge is 0.497 e. The Balaban J connectivity index is 1.95. The normalized spacial score (nSPS) is 17.7. The van der Waals surface area contributed by atoms with Crippen LogP contribution in [-0.2, 0) is 0 Å². The van der Waals surface area contributed by atoms with E-state index in [-0.39, 0.29) is 5.69 Å². The Morgan fingerprint density at radius 3 is 2.75 bits per heavy atom. The van der Waals surface area contributed by atoms with Crippen LogP contribution in [0.5, 0.6) is 5.75 Å². The number of hydrogen-bond donors (Lipinski definition) is 1. The second kappa shape index (κ2) is 5.32. The first-order chi connectivity index (χ1) is 9.72. The smallest absolute Gasteiger partial charge is 0.326 e. The predicted molar refractivity (Wildman–Crippen MR) is 79.5 cm³/mol. The SMILES string of the molecule is CCN1CCC(n2c(=O)[nH]c3cc(OC)ccc32)CC1. The van der Waals surface area contributed by atoms with Crippen LogP contribution in [-0.4, -0.2) is 41.2 Å². The van der Waals surface area contributed by atoms with Crippen molar-refractivity contribution >= 4 is 11.0 Å². The molecule has 20 heavy (non-hydrogen) atoms. The lowest BCUT2D eigenvalue weighted by Crippen LogP contribution is -2.36. The van der Waals surface area contributed by atoms with Crippen LogP contribution in [0.25, 0.3) is 11.0 Å². The van der Waals surface area contributed by atoms with Crippen LogP contribution in [0.1, 0.15) is 25.8 Å². The zero-order valence-electron chi connectivity index (χ0n) is 12.1. The molecule has 1 fully saturated rings. The quantitative estimate of drug-likeness (QED) is 0.932. The van der Waals surface area contributed by atoms with Crippen molar-refractivity contribution in [2.24, 2.45) is 0 Å². The number of aromatic nitrogens is 2. The molecule has 5 heteroatoms. The monoisotopic (exact) mass is 275 g/mol. The third kappa shape index (κ3) is 2.22. The summed E-state index contributed by atoms with van der Waals surface area (Å²) in [6, 6.07) is 6.06. The molecule has 0 amide bonds. The van der Waals surface area contributed by atoms with E-state index in [1.165, 1.54) is 0 Å². The van der Waals surface area contributed by atoms with Crippen molar-refractivity contribution in [1.29, 1.82) is 0 Å². The first kappa shape index (κ1) is 13.2. The molecule has 0 atom stereocenters. The number of hydrogen-bond acceptors (Lipinski definition) is 3. The summed E-state index contributed by atoms with van der Waals surface area (Å²) in [5.41, 5.74) is 1.82. The summed E-state index contributed by atoms with van der Waals surface area (Å²) in [4.78, 5) is 17.6. The number of H-pyrrole nitrogens is 1. The molecule has 1 aromatic carbocycles. The number of likely N-dealkylation sites (tertiary alicyclic amines) is 1. The van der Waals surface area contributed by atoms with Crippen molar-refractivity contribution < 1.29 is 4.74 Å². The van der Waals surface area contributed by atoms with Gasteiger partial charge in [0, 0.05) is 25.2 Å². The summed E-state index contributed by atoms with van der Waals surface area (Å²) in [7, 11) is 1.64. The first-order valence-corrected chi connectivity index (χ1v) is 7.23. The Kier molecular flexibility index (Phi) is 3.53. The zero-order chi connectivity index (χ0) is 14.1. The molecule has 0 unspecified atom stereocenters. The van der Waals surface area contributed by atoms with Gasteiger partial charge in [-0.1, -0.05) is 6.92 Å². The third-order valence-electron chi connectivity index (χ3n) is 4.29. The highest BCUT2D eigenvalue weighted by Crippen LogP contribution is 2.26. The van der Waals surface area contributed by atoms with Gasteiger partial charge in [0.05, 0.1) is 18.1 Å². The number of piperidine rings is 1. The Bertz CT molecular complexity index is 651. The maximum absolute atomic E-state index is 12.2. The van der Waals surface area contributed by atoms with E-state index in [1.807, 2.05) is 22.8 Å². The molecule has 2 aromatic rings. The van der Waals surface area contributed by atoms with Gasteiger partial charge in [0.15, 0.2) is 0 Å². The highest BCUT2D eigenvalue weighted by atomic mass is 16.5. The Labute approximate surface area is 118 Å². The van der Waals surface area contributed by atoms with Gasteiger partial charge in [0.25, 0.3) is 0 Å². The molecule has 3 rings (SSSR count). The lowest BCUT2D eigenvalue weighted by atomic mass is 10.0. The van der Waals surface area contributed by atoms with Gasteiger partial charge in [0.2, 0.25) is 0 Å². The molecule has 2 heterocycles. The second-order valence-electron chi connectivity index (χ2n) is 5.35. The summed E-state index contributed by atoms with van der Waals surface area (Å²) >= 11 is 0. The molecule has 0 bridgehead atoms. The van der Waals surface area contributed by atoms with E-state index in [2.05, 4.69) is 16.8 Å². The number of methoxy groups -OCH3 is 1. The molecule has 0 saturated carbocycles. The topological polar surface area (TPSA) is 50.3 Å². The van der Waals surface area contributed by atoms with Gasteiger partial charge in [-0.2, -0.15) is 0 Å². The molecule has 0 radical (unpaired) electrons. The van der Waals surface area contributed by atoms with Gasteiger partial charge in [-0.3, -0.25) is 4.57 Å². The van der Waals surface area contributed by atoms with Crippen LogP contribution in [0.3, 0.4) is 0 Å². The molecule has 1 aliphatic heterocycles. The molecule has 1 N–H and O–H groups in total. The van der Waals surface area contributed by atoms with Crippen LogP contribution < -0.4 is 10.4 Å². The van der Waals surface area contributed by atoms with Crippen LogP contribution in [0, 0.1) is 0 Å². The van der Waals surface area contributed by atoms with Crippen LogP contribution in [0.4, 0.5) is 0 Å². The highest BCUT2D eigenvalue weighted by molar-refractivity contribution is 5.77. The molecule has 108 valence electrons. The first-order valence-electron chi connectivity index (χ1n) is 7.23. The number of ether oxygens (including phenoxy) is 1. The zero-order valence-corrected chi connectivity index (χ0v) is 12.1. The van der Waals surface area contributed by atoms with E-state index in [9.17, 15) is 4.79 Å². The minimum atomic E-state index is -0.0109. The van der Waals surface area contributed by atoms with E-state index in [0.717, 1.165) is 49.3 Å². The summed E-state index contributed by atoms with van der Waals surface area (Å²) in [5, 5.41) is 0. The number of nitrogens with zero attached hydrogens (tertiary/aromatic N) is 2. The van der Waals surface area contributed by atoms with Crippen molar-refractivity contribution in [2.75, 3.05) is 26.7 Å². The molecule has 1 aromatic heterocycles. The van der Waals surface area contributed by atoms with Crippen LogP contribution in [0.2, 0.25) is 0 Å². The van der Waals surface area contributed by atoms with E-state index < -0.39 is 0 Å². The average molecular weight is 275 g/mol. The fourth-order valence-corrected chi connectivity index (χ4v) is 3.09. The van der Waals surface area contributed by atoms with Crippen molar-refractivity contribution in [3.63, 3.8) is 0 Å². The van der Waals surface area contributed by atoms with Gasteiger partial charge in [-0.15, -0.1) is 0 Å². The van der Waals surface area contributed by atoms with Crippen LogP contribution in [0.15, 0.2) is 23.0 Å². The van der Waals surface area contributed by atoms with Crippen molar-refractivity contribution in [2.45, 2.75) is 25.8 Å². The lowest BCUT2D eigenvalue weighted by Gasteiger charge is -2.31. The number of imidazole rings is 1. The van der Waals surface area contributed by atoms with Gasteiger partial charge >= 0.3 is 5.69 Å². The van der Waals surface area contributed by atoms with E-state index in [1.54, 1.807) is 7.11 Å².